The standard InChI is InChI=1S/C12H24O2S.Na/c1-2-3-4-5-6-7-8-9-10-11-12(13)14-15;/h15H,2-11H2,1H3;/q;+1/p-1. The third-order valence-corrected chi connectivity index (χ3v) is 2.76. The number of carbonyl (C=O) groups excluding carboxylic acids is 1. The normalized spacial score (nSPS) is 9.62. The molecule has 4 heteroatoms. The van der Waals surface area contributed by atoms with Gasteiger partial charge in [0.1, 0.15) is 0 Å². The Morgan fingerprint density at radius 2 is 1.38 bits per heavy atom. The first kappa shape index (κ1) is 19.2. The van der Waals surface area contributed by atoms with E-state index in [9.17, 15) is 4.79 Å². The van der Waals surface area contributed by atoms with Crippen molar-refractivity contribution < 1.29 is 38.5 Å². The summed E-state index contributed by atoms with van der Waals surface area (Å²) in [5.41, 5.74) is 0. The van der Waals surface area contributed by atoms with Crippen molar-refractivity contribution in [2.75, 3.05) is 0 Å². The van der Waals surface area contributed by atoms with Gasteiger partial charge in [0, 0.05) is 6.42 Å². The SMILES string of the molecule is CCCCCCCCCCCC(=O)O[S-].[Na+]. The van der Waals surface area contributed by atoms with E-state index in [0.29, 0.717) is 6.42 Å². The average Bonchev–Trinajstić information content (AvgIpc) is 2.26. The predicted octanol–water partition coefficient (Wildman–Crippen LogP) is 0.916. The summed E-state index contributed by atoms with van der Waals surface area (Å²) in [5.74, 6) is -0.257. The second-order valence-corrected chi connectivity index (χ2v) is 4.20. The van der Waals surface area contributed by atoms with Gasteiger partial charge < -0.3 is 17.1 Å². The van der Waals surface area contributed by atoms with Crippen LogP contribution in [0.5, 0.6) is 0 Å². The van der Waals surface area contributed by atoms with Crippen LogP contribution in [-0.2, 0) is 21.9 Å². The predicted molar refractivity (Wildman–Crippen MR) is 65.3 cm³/mol. The Labute approximate surface area is 128 Å². The molecule has 0 spiro atoms. The van der Waals surface area contributed by atoms with Crippen molar-refractivity contribution in [2.24, 2.45) is 0 Å². The molecule has 0 aromatic heterocycles. The summed E-state index contributed by atoms with van der Waals surface area (Å²) >= 11 is 4.19. The van der Waals surface area contributed by atoms with Crippen molar-refractivity contribution >= 4 is 18.9 Å². The summed E-state index contributed by atoms with van der Waals surface area (Å²) in [6.07, 6.45) is 11.8. The number of hydrogen-bond donors (Lipinski definition) is 0. The van der Waals surface area contributed by atoms with Gasteiger partial charge in [-0.15, -0.1) is 0 Å². The molecule has 0 aromatic carbocycles. The van der Waals surface area contributed by atoms with E-state index in [1.165, 1.54) is 44.9 Å². The fourth-order valence-electron chi connectivity index (χ4n) is 1.62. The fraction of sp³-hybridized carbons (Fsp3) is 0.917. The molecule has 0 N–H and O–H groups in total. The van der Waals surface area contributed by atoms with E-state index in [-0.39, 0.29) is 35.5 Å². The molecule has 2 nitrogen and oxygen atoms in total. The van der Waals surface area contributed by atoms with Gasteiger partial charge in [-0.2, -0.15) is 0 Å². The summed E-state index contributed by atoms with van der Waals surface area (Å²) in [6, 6.07) is 0. The zero-order valence-corrected chi connectivity index (χ0v) is 13.6. The van der Waals surface area contributed by atoms with Gasteiger partial charge in [0.05, 0.1) is 0 Å². The van der Waals surface area contributed by atoms with Gasteiger partial charge >= 0.3 is 29.6 Å². The minimum atomic E-state index is -0.257. The number of unbranched alkanes of at least 4 members (excludes halogenated alkanes) is 8. The average molecular weight is 254 g/mol. The summed E-state index contributed by atoms with van der Waals surface area (Å²) < 4.78 is 4.17. The number of hydrogen-bond acceptors (Lipinski definition) is 3. The van der Waals surface area contributed by atoms with Crippen LogP contribution in [-0.4, -0.2) is 5.97 Å². The molecule has 0 bridgehead atoms. The summed E-state index contributed by atoms with van der Waals surface area (Å²) in [4.78, 5) is 10.7. The molecule has 0 heterocycles. The molecule has 0 fully saturated rings. The second kappa shape index (κ2) is 15.8. The Morgan fingerprint density at radius 3 is 1.81 bits per heavy atom. The summed E-state index contributed by atoms with van der Waals surface area (Å²) in [6.45, 7) is 2.23. The van der Waals surface area contributed by atoms with E-state index < -0.39 is 0 Å². The van der Waals surface area contributed by atoms with Gasteiger partial charge in [0.15, 0.2) is 0 Å². The van der Waals surface area contributed by atoms with Crippen molar-refractivity contribution in [1.29, 1.82) is 0 Å². The van der Waals surface area contributed by atoms with Crippen LogP contribution >= 0.6 is 0 Å². The quantitative estimate of drug-likeness (QED) is 0.329. The molecule has 0 unspecified atom stereocenters. The van der Waals surface area contributed by atoms with Gasteiger partial charge in [-0.1, -0.05) is 58.3 Å². The topological polar surface area (TPSA) is 26.3 Å². The minimum absolute atomic E-state index is 0. The molecule has 0 saturated heterocycles. The van der Waals surface area contributed by atoms with Gasteiger partial charge in [-0.05, 0) is 6.42 Å². The van der Waals surface area contributed by atoms with Gasteiger partial charge in [0.25, 0.3) is 5.97 Å². The molecule has 0 aliphatic rings. The van der Waals surface area contributed by atoms with Crippen molar-refractivity contribution in [3.63, 3.8) is 0 Å². The third kappa shape index (κ3) is 14.8. The minimum Gasteiger partial charge on any atom is -0.615 e. The largest absolute Gasteiger partial charge is 1.00 e. The van der Waals surface area contributed by atoms with Gasteiger partial charge in [-0.3, -0.25) is 4.79 Å². The first-order valence-electron chi connectivity index (χ1n) is 6.14. The first-order chi connectivity index (χ1) is 7.31. The Bertz CT molecular complexity index is 154. The van der Waals surface area contributed by atoms with Gasteiger partial charge in [-0.25, -0.2) is 0 Å². The van der Waals surface area contributed by atoms with Crippen molar-refractivity contribution in [3.05, 3.63) is 0 Å². The van der Waals surface area contributed by atoms with Crippen molar-refractivity contribution in [1.82, 2.24) is 0 Å². The first-order valence-corrected chi connectivity index (χ1v) is 6.47. The zero-order valence-electron chi connectivity index (χ0n) is 10.8. The molecule has 0 aliphatic carbocycles. The van der Waals surface area contributed by atoms with Crippen LogP contribution in [0.1, 0.15) is 71.1 Å². The molecule has 16 heavy (non-hydrogen) atoms. The maximum Gasteiger partial charge on any atom is 1.00 e. The van der Waals surface area contributed by atoms with E-state index in [1.807, 2.05) is 0 Å². The van der Waals surface area contributed by atoms with Crippen LogP contribution in [0.15, 0.2) is 0 Å². The van der Waals surface area contributed by atoms with E-state index in [2.05, 4.69) is 24.0 Å². The van der Waals surface area contributed by atoms with E-state index in [4.69, 9.17) is 0 Å². The fourth-order valence-corrected chi connectivity index (χ4v) is 1.70. The van der Waals surface area contributed by atoms with E-state index in [0.717, 1.165) is 12.8 Å². The number of carbonyl (C=O) groups is 1. The summed E-state index contributed by atoms with van der Waals surface area (Å²) in [7, 11) is 0. The molecular weight excluding hydrogens is 231 g/mol. The van der Waals surface area contributed by atoms with Crippen LogP contribution in [0.2, 0.25) is 0 Å². The maximum atomic E-state index is 10.7. The van der Waals surface area contributed by atoms with Crippen LogP contribution in [0.3, 0.4) is 0 Å². The van der Waals surface area contributed by atoms with E-state index >= 15 is 0 Å². The molecule has 0 saturated carbocycles. The van der Waals surface area contributed by atoms with Crippen LogP contribution in [0, 0.1) is 0 Å². The Kier molecular flexibility index (Phi) is 19.0. The molecule has 0 aromatic rings. The van der Waals surface area contributed by atoms with Crippen molar-refractivity contribution in [2.45, 2.75) is 71.1 Å². The smallest absolute Gasteiger partial charge is 0.615 e. The molecule has 0 rings (SSSR count). The number of rotatable bonds is 10. The molecule has 0 atom stereocenters. The Balaban J connectivity index is 0. The van der Waals surface area contributed by atoms with Crippen molar-refractivity contribution in [3.8, 4) is 0 Å². The Morgan fingerprint density at radius 1 is 0.938 bits per heavy atom. The zero-order chi connectivity index (χ0) is 11.4. The second-order valence-electron chi connectivity index (χ2n) is 4.03. The van der Waals surface area contributed by atoms with E-state index in [1.54, 1.807) is 0 Å². The molecule has 0 aliphatic heterocycles. The van der Waals surface area contributed by atoms with Gasteiger partial charge in [0.2, 0.25) is 0 Å². The summed E-state index contributed by atoms with van der Waals surface area (Å²) in [5, 5.41) is 0. The third-order valence-electron chi connectivity index (χ3n) is 2.58. The Hall–Kier alpha value is 0.820. The monoisotopic (exact) mass is 254 g/mol. The molecular formula is C12H23NaO2S. The maximum absolute atomic E-state index is 10.7. The molecule has 90 valence electrons. The molecule has 0 amide bonds. The molecule has 0 radical (unpaired) electrons. The van der Waals surface area contributed by atoms with Crippen LogP contribution < -0.4 is 29.6 Å². The van der Waals surface area contributed by atoms with Crippen LogP contribution in [0.25, 0.3) is 0 Å². The van der Waals surface area contributed by atoms with Crippen LogP contribution in [0.4, 0.5) is 0 Å².